The smallest absolute Gasteiger partial charge is 0.148 e. The lowest BCUT2D eigenvalue weighted by Crippen LogP contribution is -2.45. The Balaban J connectivity index is 0.00000289. The van der Waals surface area contributed by atoms with E-state index in [1.54, 1.807) is 12.4 Å². The Hall–Kier alpha value is -0.745. The minimum atomic E-state index is -1.17. The van der Waals surface area contributed by atoms with Crippen molar-refractivity contribution in [2.75, 3.05) is 0 Å². The van der Waals surface area contributed by atoms with Gasteiger partial charge in [0.25, 0.3) is 0 Å². The van der Waals surface area contributed by atoms with Gasteiger partial charge in [-0.1, -0.05) is 5.46 Å². The van der Waals surface area contributed by atoms with E-state index in [4.69, 9.17) is 7.85 Å². The van der Waals surface area contributed by atoms with Crippen LogP contribution in [-0.4, -0.2) is 26.8 Å². The third-order valence-corrected chi connectivity index (χ3v) is 3.94. The van der Waals surface area contributed by atoms with Crippen LogP contribution < -0.4 is 10.2 Å². The van der Waals surface area contributed by atoms with E-state index in [-0.39, 0.29) is 6.17 Å². The molecule has 1 aromatic rings. The summed E-state index contributed by atoms with van der Waals surface area (Å²) in [6.07, 6.45) is 3.09. The molecule has 0 bridgehead atoms. The van der Waals surface area contributed by atoms with Gasteiger partial charge in [-0.15, -0.1) is 0 Å². The predicted molar refractivity (Wildman–Crippen MR) is 73.6 cm³/mol. The van der Waals surface area contributed by atoms with Crippen molar-refractivity contribution in [2.45, 2.75) is 44.9 Å². The standard InChI is InChI=1S/C11H18BN3OS.H2/c1-10(2,3)17(16)15-11(4,5)9-13-6-8(12)7-14-9;/h6-7,15H,1-5H3;1H. The van der Waals surface area contributed by atoms with Crippen LogP contribution in [0.2, 0.25) is 0 Å². The van der Waals surface area contributed by atoms with Gasteiger partial charge in [0.15, 0.2) is 0 Å². The van der Waals surface area contributed by atoms with Crippen molar-refractivity contribution >= 4 is 24.3 Å². The maximum Gasteiger partial charge on any atom is 0.148 e. The summed E-state index contributed by atoms with van der Waals surface area (Å²) >= 11 is 0. The largest absolute Gasteiger partial charge is 0.242 e. The summed E-state index contributed by atoms with van der Waals surface area (Å²) in [6.45, 7) is 9.52. The quantitative estimate of drug-likeness (QED) is 0.811. The highest BCUT2D eigenvalue weighted by molar-refractivity contribution is 7.84. The van der Waals surface area contributed by atoms with E-state index < -0.39 is 16.5 Å². The fraction of sp³-hybridized carbons (Fsp3) is 0.636. The van der Waals surface area contributed by atoms with E-state index in [0.29, 0.717) is 11.3 Å². The van der Waals surface area contributed by atoms with Crippen molar-refractivity contribution < 1.29 is 5.64 Å². The lowest BCUT2D eigenvalue weighted by molar-refractivity contribution is 0.457. The monoisotopic (exact) mass is 253 g/mol. The van der Waals surface area contributed by atoms with E-state index >= 15 is 0 Å². The summed E-state index contributed by atoms with van der Waals surface area (Å²) in [5.41, 5.74) is -0.0484. The Bertz CT molecular complexity index is 417. The average molecular weight is 253 g/mol. The predicted octanol–water partition coefficient (Wildman–Crippen LogP) is 0.803. The number of hydrogen-bond acceptors (Lipinski definition) is 3. The van der Waals surface area contributed by atoms with Crippen molar-refractivity contribution in [3.63, 3.8) is 0 Å². The molecule has 0 aliphatic heterocycles. The molecular formula is C11H20BN3OS. The molecule has 0 spiro atoms. The van der Waals surface area contributed by atoms with Crippen molar-refractivity contribution in [1.29, 1.82) is 0 Å². The molecule has 6 heteroatoms. The second-order valence-electron chi connectivity index (χ2n) is 5.45. The van der Waals surface area contributed by atoms with Crippen molar-refractivity contribution in [1.82, 2.24) is 14.7 Å². The molecule has 17 heavy (non-hydrogen) atoms. The van der Waals surface area contributed by atoms with E-state index in [2.05, 4.69) is 14.7 Å². The lowest BCUT2D eigenvalue weighted by atomic mass is 10.00. The third kappa shape index (κ3) is 3.89. The van der Waals surface area contributed by atoms with Gasteiger partial charge >= 0.3 is 0 Å². The van der Waals surface area contributed by atoms with Crippen LogP contribution in [0.3, 0.4) is 0 Å². The van der Waals surface area contributed by atoms with Crippen LogP contribution in [0.5, 0.6) is 0 Å². The van der Waals surface area contributed by atoms with Gasteiger partial charge in [0.05, 0.1) is 21.3 Å². The van der Waals surface area contributed by atoms with Crippen LogP contribution in [0, 0.1) is 0 Å². The number of nitrogens with zero attached hydrogens (tertiary/aromatic N) is 2. The maximum absolute atomic E-state index is 12.0. The maximum atomic E-state index is 12.0. The zero-order valence-corrected chi connectivity index (χ0v) is 11.8. The van der Waals surface area contributed by atoms with Crippen molar-refractivity contribution in [3.05, 3.63) is 18.2 Å². The summed E-state index contributed by atoms with van der Waals surface area (Å²) in [4.78, 5) is 8.30. The van der Waals surface area contributed by atoms with Crippen molar-refractivity contribution in [2.24, 2.45) is 0 Å². The summed E-state index contributed by atoms with van der Waals surface area (Å²) in [5, 5.41) is 0. The van der Waals surface area contributed by atoms with Gasteiger partial charge in [0, 0.05) is 13.8 Å². The first-order valence-corrected chi connectivity index (χ1v) is 6.55. The van der Waals surface area contributed by atoms with Crippen molar-refractivity contribution in [3.8, 4) is 0 Å². The van der Waals surface area contributed by atoms with Gasteiger partial charge in [-0.2, -0.15) is 0 Å². The molecule has 1 rings (SSSR count). The molecule has 0 aliphatic rings. The molecule has 0 amide bonds. The van der Waals surface area contributed by atoms with Crippen LogP contribution >= 0.6 is 0 Å². The molecule has 0 saturated carbocycles. The second kappa shape index (κ2) is 4.86. The van der Waals surface area contributed by atoms with E-state index in [1.165, 1.54) is 0 Å². The number of aromatic nitrogens is 2. The molecule has 1 heterocycles. The highest BCUT2D eigenvalue weighted by atomic mass is 32.2. The molecule has 0 saturated heterocycles. The molecule has 2 radical (unpaired) electrons. The van der Waals surface area contributed by atoms with E-state index in [9.17, 15) is 4.21 Å². The first-order chi connectivity index (χ1) is 7.63. The van der Waals surface area contributed by atoms with Crippen LogP contribution in [0.4, 0.5) is 0 Å². The average Bonchev–Trinajstić information content (AvgIpc) is 2.16. The zero-order chi connectivity index (χ0) is 13.3. The van der Waals surface area contributed by atoms with Crippen LogP contribution in [-0.2, 0) is 16.5 Å². The molecule has 1 aromatic heterocycles. The third-order valence-electron chi connectivity index (χ3n) is 2.13. The zero-order valence-electron chi connectivity index (χ0n) is 10.9. The fourth-order valence-electron chi connectivity index (χ4n) is 1.09. The van der Waals surface area contributed by atoms with Gasteiger partial charge in [-0.3, -0.25) is 0 Å². The normalized spacial score (nSPS) is 14.6. The summed E-state index contributed by atoms with van der Waals surface area (Å²) in [7, 11) is 4.36. The summed E-state index contributed by atoms with van der Waals surface area (Å²) in [6, 6.07) is 0. The number of nitrogens with one attached hydrogen (secondary N) is 1. The number of hydrogen-bond donors (Lipinski definition) is 1. The Morgan fingerprint density at radius 3 is 2.12 bits per heavy atom. The minimum absolute atomic E-state index is 0. The molecule has 0 aromatic carbocycles. The van der Waals surface area contributed by atoms with Gasteiger partial charge in [-0.05, 0) is 34.6 Å². The van der Waals surface area contributed by atoms with Gasteiger partial charge in [-0.25, -0.2) is 18.9 Å². The van der Waals surface area contributed by atoms with Gasteiger partial charge in [0.2, 0.25) is 0 Å². The van der Waals surface area contributed by atoms with Gasteiger partial charge < -0.3 is 0 Å². The van der Waals surface area contributed by atoms with Crippen LogP contribution in [0.1, 0.15) is 41.9 Å². The first kappa shape index (κ1) is 14.3. The lowest BCUT2D eigenvalue weighted by Gasteiger charge is -2.28. The Morgan fingerprint density at radius 1 is 1.24 bits per heavy atom. The van der Waals surface area contributed by atoms with E-state index in [0.717, 1.165) is 0 Å². The Labute approximate surface area is 108 Å². The topological polar surface area (TPSA) is 54.9 Å². The summed E-state index contributed by atoms with van der Waals surface area (Å²) < 4.78 is 14.8. The molecular weight excluding hydrogens is 233 g/mol. The molecule has 1 atom stereocenters. The number of rotatable bonds is 3. The molecule has 94 valence electrons. The molecule has 4 nitrogen and oxygen atoms in total. The molecule has 1 N–H and O–H groups in total. The second-order valence-corrected chi connectivity index (χ2v) is 7.41. The minimum Gasteiger partial charge on any atom is -0.242 e. The summed E-state index contributed by atoms with van der Waals surface area (Å²) in [5.74, 6) is 0.573. The van der Waals surface area contributed by atoms with Crippen LogP contribution in [0.25, 0.3) is 0 Å². The van der Waals surface area contributed by atoms with Gasteiger partial charge in [0.1, 0.15) is 13.7 Å². The molecule has 0 fully saturated rings. The highest BCUT2D eigenvalue weighted by Crippen LogP contribution is 2.19. The first-order valence-electron chi connectivity index (χ1n) is 5.40. The Kier molecular flexibility index (Phi) is 4.09. The molecule has 1 unspecified atom stereocenters. The van der Waals surface area contributed by atoms with Crippen LogP contribution in [0.15, 0.2) is 12.4 Å². The fourth-order valence-corrected chi connectivity index (χ4v) is 1.95. The van der Waals surface area contributed by atoms with E-state index in [1.807, 2.05) is 34.6 Å². The SMILES string of the molecule is [B]c1cnc(C(C)(C)NS(=O)C(C)(C)C)nc1.[HH]. The molecule has 0 aliphatic carbocycles. The highest BCUT2D eigenvalue weighted by Gasteiger charge is 2.30. The Morgan fingerprint density at radius 2 is 1.71 bits per heavy atom.